The molecule has 7 heteroatoms. The van der Waals surface area contributed by atoms with Gasteiger partial charge in [-0.05, 0) is 61.2 Å². The Bertz CT molecular complexity index is 1120. The molecule has 0 spiro atoms. The van der Waals surface area contributed by atoms with Gasteiger partial charge in [0.15, 0.2) is 5.82 Å². The van der Waals surface area contributed by atoms with Crippen LogP contribution in [0.25, 0.3) is 11.3 Å². The van der Waals surface area contributed by atoms with Crippen molar-refractivity contribution in [2.45, 2.75) is 50.3 Å². The lowest BCUT2D eigenvalue weighted by atomic mass is 10.1. The molecule has 2 aromatic carbocycles. The van der Waals surface area contributed by atoms with E-state index in [9.17, 15) is 8.42 Å². The van der Waals surface area contributed by atoms with Crippen LogP contribution in [0.15, 0.2) is 65.6 Å². The molecular weight excluding hydrogens is 420 g/mol. The van der Waals surface area contributed by atoms with Gasteiger partial charge in [-0.15, -0.1) is 10.2 Å². The molecule has 0 amide bonds. The quantitative estimate of drug-likeness (QED) is 0.530. The molecule has 1 aromatic heterocycles. The SMILES string of the molecule is CCCc1ccc(S(=O)(=O)Nc2cccc(-c3ccc(N4CCCCCC4)nn3)c2)cc1. The van der Waals surface area contributed by atoms with Crippen molar-refractivity contribution in [1.29, 1.82) is 0 Å². The van der Waals surface area contributed by atoms with Gasteiger partial charge in [-0.1, -0.05) is 50.5 Å². The van der Waals surface area contributed by atoms with Crippen molar-refractivity contribution in [1.82, 2.24) is 10.2 Å². The Labute approximate surface area is 190 Å². The number of aryl methyl sites for hydroxylation is 1. The normalized spacial score (nSPS) is 14.7. The van der Waals surface area contributed by atoms with Crippen LogP contribution in [-0.4, -0.2) is 31.7 Å². The lowest BCUT2D eigenvalue weighted by molar-refractivity contribution is 0.601. The fourth-order valence-corrected chi connectivity index (χ4v) is 5.08. The predicted molar refractivity (Wildman–Crippen MR) is 129 cm³/mol. The lowest BCUT2D eigenvalue weighted by Crippen LogP contribution is -2.25. The van der Waals surface area contributed by atoms with Crippen LogP contribution < -0.4 is 9.62 Å². The van der Waals surface area contributed by atoms with E-state index in [4.69, 9.17) is 0 Å². The van der Waals surface area contributed by atoms with Crippen molar-refractivity contribution in [3.05, 3.63) is 66.2 Å². The lowest BCUT2D eigenvalue weighted by Gasteiger charge is -2.20. The highest BCUT2D eigenvalue weighted by atomic mass is 32.2. The van der Waals surface area contributed by atoms with Crippen LogP contribution in [0.4, 0.5) is 11.5 Å². The maximum absolute atomic E-state index is 12.8. The van der Waals surface area contributed by atoms with Gasteiger partial charge >= 0.3 is 0 Å². The first-order chi connectivity index (χ1) is 15.5. The molecule has 0 atom stereocenters. The van der Waals surface area contributed by atoms with Gasteiger partial charge < -0.3 is 4.90 Å². The highest BCUT2D eigenvalue weighted by Gasteiger charge is 2.15. The summed E-state index contributed by atoms with van der Waals surface area (Å²) in [5, 5.41) is 8.84. The molecule has 2 heterocycles. The van der Waals surface area contributed by atoms with Crippen molar-refractivity contribution in [2.24, 2.45) is 0 Å². The zero-order valence-corrected chi connectivity index (χ0v) is 19.3. The second-order valence-corrected chi connectivity index (χ2v) is 9.94. The molecule has 4 rings (SSSR count). The summed E-state index contributed by atoms with van der Waals surface area (Å²) in [6.07, 6.45) is 6.88. The fourth-order valence-electron chi connectivity index (χ4n) is 4.03. The van der Waals surface area contributed by atoms with Gasteiger partial charge in [0.05, 0.1) is 10.6 Å². The maximum Gasteiger partial charge on any atom is 0.261 e. The third-order valence-corrected chi connectivity index (χ3v) is 7.16. The minimum atomic E-state index is -3.66. The van der Waals surface area contributed by atoms with Crippen molar-refractivity contribution < 1.29 is 8.42 Å². The molecular formula is C25H30N4O2S. The number of nitrogens with one attached hydrogen (secondary N) is 1. The van der Waals surface area contributed by atoms with Gasteiger partial charge in [0.25, 0.3) is 10.0 Å². The van der Waals surface area contributed by atoms with Crippen molar-refractivity contribution in [2.75, 3.05) is 22.7 Å². The summed E-state index contributed by atoms with van der Waals surface area (Å²) in [5.41, 5.74) is 3.17. The third kappa shape index (κ3) is 5.46. The second kappa shape index (κ2) is 10.1. The summed E-state index contributed by atoms with van der Waals surface area (Å²) >= 11 is 0. The standard InChI is InChI=1S/C25H30N4O2S/c1-2-8-20-11-13-23(14-12-20)32(30,31)28-22-10-7-9-21(19-22)24-15-16-25(27-26-24)29-17-5-3-4-6-18-29/h7,9-16,19,28H,2-6,8,17-18H2,1H3. The minimum Gasteiger partial charge on any atom is -0.355 e. The number of aromatic nitrogens is 2. The number of sulfonamides is 1. The summed E-state index contributed by atoms with van der Waals surface area (Å²) in [4.78, 5) is 2.55. The number of benzene rings is 2. The van der Waals surface area contributed by atoms with Gasteiger partial charge in [0.1, 0.15) is 0 Å². The number of anilines is 2. The molecule has 6 nitrogen and oxygen atoms in total. The summed E-state index contributed by atoms with van der Waals surface area (Å²) < 4.78 is 28.3. The summed E-state index contributed by atoms with van der Waals surface area (Å²) in [6, 6.07) is 18.3. The highest BCUT2D eigenvalue weighted by molar-refractivity contribution is 7.92. The van der Waals surface area contributed by atoms with E-state index in [-0.39, 0.29) is 4.90 Å². The van der Waals surface area contributed by atoms with Crippen LogP contribution in [0.5, 0.6) is 0 Å². The number of rotatable bonds is 7. The number of hydrogen-bond acceptors (Lipinski definition) is 5. The molecule has 32 heavy (non-hydrogen) atoms. The molecule has 1 aliphatic rings. The average Bonchev–Trinajstić information content (AvgIpc) is 3.09. The van der Waals surface area contributed by atoms with Crippen LogP contribution in [0.1, 0.15) is 44.6 Å². The molecule has 0 aliphatic carbocycles. The monoisotopic (exact) mass is 450 g/mol. The summed E-state index contributed by atoms with van der Waals surface area (Å²) in [5.74, 6) is 0.902. The second-order valence-electron chi connectivity index (χ2n) is 8.26. The molecule has 1 N–H and O–H groups in total. The van der Waals surface area contributed by atoms with Gasteiger partial charge in [0.2, 0.25) is 0 Å². The van der Waals surface area contributed by atoms with Crippen LogP contribution in [0.3, 0.4) is 0 Å². The smallest absolute Gasteiger partial charge is 0.261 e. The van der Waals surface area contributed by atoms with Crippen LogP contribution in [0.2, 0.25) is 0 Å². The van der Waals surface area contributed by atoms with Gasteiger partial charge in [-0.2, -0.15) is 0 Å². The average molecular weight is 451 g/mol. The Hall–Kier alpha value is -2.93. The molecule has 3 aromatic rings. The molecule has 1 fully saturated rings. The van der Waals surface area contributed by atoms with Crippen LogP contribution in [0, 0.1) is 0 Å². The van der Waals surface area contributed by atoms with Crippen molar-refractivity contribution in [3.63, 3.8) is 0 Å². The topological polar surface area (TPSA) is 75.2 Å². The van der Waals surface area contributed by atoms with Crippen molar-refractivity contribution in [3.8, 4) is 11.3 Å². The largest absolute Gasteiger partial charge is 0.355 e. The van der Waals surface area contributed by atoms with E-state index in [1.54, 1.807) is 24.3 Å². The van der Waals surface area contributed by atoms with E-state index in [1.165, 1.54) is 25.7 Å². The molecule has 0 saturated carbocycles. The van der Waals surface area contributed by atoms with E-state index in [1.807, 2.05) is 36.4 Å². The number of nitrogens with zero attached hydrogens (tertiary/aromatic N) is 3. The fraction of sp³-hybridized carbons (Fsp3) is 0.360. The van der Waals surface area contributed by atoms with E-state index in [0.29, 0.717) is 11.4 Å². The van der Waals surface area contributed by atoms with Crippen LogP contribution >= 0.6 is 0 Å². The van der Waals surface area contributed by atoms with Gasteiger partial charge in [-0.25, -0.2) is 8.42 Å². The molecule has 1 aliphatic heterocycles. The van der Waals surface area contributed by atoms with E-state index in [2.05, 4.69) is 26.7 Å². The minimum absolute atomic E-state index is 0.254. The first-order valence-electron chi connectivity index (χ1n) is 11.4. The highest BCUT2D eigenvalue weighted by Crippen LogP contribution is 2.25. The molecule has 1 saturated heterocycles. The third-order valence-electron chi connectivity index (χ3n) is 5.76. The van der Waals surface area contributed by atoms with Crippen molar-refractivity contribution >= 4 is 21.5 Å². The molecule has 168 valence electrons. The molecule has 0 bridgehead atoms. The van der Waals surface area contributed by atoms with E-state index < -0.39 is 10.0 Å². The van der Waals surface area contributed by atoms with Gasteiger partial charge in [0, 0.05) is 24.3 Å². The zero-order valence-electron chi connectivity index (χ0n) is 18.5. The number of hydrogen-bond donors (Lipinski definition) is 1. The van der Waals surface area contributed by atoms with E-state index >= 15 is 0 Å². The van der Waals surface area contributed by atoms with Crippen LogP contribution in [-0.2, 0) is 16.4 Å². The van der Waals surface area contributed by atoms with E-state index in [0.717, 1.165) is 42.9 Å². The Balaban J connectivity index is 1.49. The molecule has 0 unspecified atom stereocenters. The Morgan fingerprint density at radius 3 is 2.31 bits per heavy atom. The maximum atomic E-state index is 12.8. The zero-order chi connectivity index (χ0) is 22.4. The summed E-state index contributed by atoms with van der Waals surface area (Å²) in [6.45, 7) is 4.14. The Kier molecular flexibility index (Phi) is 7.05. The van der Waals surface area contributed by atoms with Gasteiger partial charge in [-0.3, -0.25) is 4.72 Å². The Morgan fingerprint density at radius 1 is 0.906 bits per heavy atom. The molecule has 0 radical (unpaired) electrons. The first-order valence-corrected chi connectivity index (χ1v) is 12.8. The predicted octanol–water partition coefficient (Wildman–Crippen LogP) is 5.28. The first kappa shape index (κ1) is 22.3. The summed E-state index contributed by atoms with van der Waals surface area (Å²) in [7, 11) is -3.66. The Morgan fingerprint density at radius 2 is 1.66 bits per heavy atom.